The van der Waals surface area contributed by atoms with Crippen LogP contribution >= 0.6 is 0 Å². The van der Waals surface area contributed by atoms with Crippen molar-refractivity contribution in [2.45, 2.75) is 25.4 Å². The summed E-state index contributed by atoms with van der Waals surface area (Å²) in [7, 11) is 0. The maximum Gasteiger partial charge on any atom is 0.227 e. The van der Waals surface area contributed by atoms with Gasteiger partial charge in [0.05, 0.1) is 6.04 Å². The van der Waals surface area contributed by atoms with Crippen LogP contribution in [0.25, 0.3) is 0 Å². The van der Waals surface area contributed by atoms with Crippen molar-refractivity contribution in [3.05, 3.63) is 83.9 Å². The molecule has 1 heterocycles. The van der Waals surface area contributed by atoms with E-state index in [1.807, 2.05) is 47.4 Å². The lowest BCUT2D eigenvalue weighted by Crippen LogP contribution is -2.41. The summed E-state index contributed by atoms with van der Waals surface area (Å²) in [6.07, 6.45) is 5.54. The fourth-order valence-corrected chi connectivity index (χ4v) is 2.75. The van der Waals surface area contributed by atoms with E-state index in [0.717, 1.165) is 6.42 Å². The van der Waals surface area contributed by atoms with E-state index in [0.29, 0.717) is 13.0 Å². The van der Waals surface area contributed by atoms with Gasteiger partial charge < -0.3 is 4.90 Å². The molecule has 0 saturated carbocycles. The Labute approximate surface area is 125 Å². The van der Waals surface area contributed by atoms with Crippen molar-refractivity contribution in [2.24, 2.45) is 0 Å². The zero-order valence-electron chi connectivity index (χ0n) is 12.0. The molecule has 0 aromatic heterocycles. The monoisotopic (exact) mass is 277 g/mol. The fourth-order valence-electron chi connectivity index (χ4n) is 2.75. The molecule has 1 aliphatic rings. The molecule has 0 aliphatic carbocycles. The largest absolute Gasteiger partial charge is 0.331 e. The molecule has 106 valence electrons. The molecule has 1 unspecified atom stereocenters. The Morgan fingerprint density at radius 3 is 2.19 bits per heavy atom. The van der Waals surface area contributed by atoms with Gasteiger partial charge in [-0.1, -0.05) is 72.8 Å². The molecule has 0 bridgehead atoms. The van der Waals surface area contributed by atoms with Crippen molar-refractivity contribution in [1.29, 1.82) is 0 Å². The molecule has 0 fully saturated rings. The van der Waals surface area contributed by atoms with Gasteiger partial charge in [-0.05, 0) is 17.5 Å². The summed E-state index contributed by atoms with van der Waals surface area (Å²) in [6, 6.07) is 20.7. The molecular weight excluding hydrogens is 258 g/mol. The van der Waals surface area contributed by atoms with Gasteiger partial charge in [-0.2, -0.15) is 0 Å². The van der Waals surface area contributed by atoms with Crippen LogP contribution < -0.4 is 0 Å². The zero-order valence-corrected chi connectivity index (χ0v) is 12.0. The summed E-state index contributed by atoms with van der Waals surface area (Å²) in [5.41, 5.74) is 2.44. The van der Waals surface area contributed by atoms with Gasteiger partial charge >= 0.3 is 0 Å². The number of rotatable bonds is 4. The number of benzene rings is 2. The third kappa shape index (κ3) is 3.40. The van der Waals surface area contributed by atoms with E-state index in [-0.39, 0.29) is 11.9 Å². The van der Waals surface area contributed by atoms with E-state index < -0.39 is 0 Å². The standard InChI is InChI=1S/C19H19NO/c21-19-13-7-12-18(14-16-8-3-1-4-9-16)20(19)15-17-10-5-2-6-11-17/h1-12,18H,13-15H2. The van der Waals surface area contributed by atoms with Crippen LogP contribution in [0.15, 0.2) is 72.8 Å². The average Bonchev–Trinajstić information content (AvgIpc) is 2.53. The summed E-state index contributed by atoms with van der Waals surface area (Å²) in [6.45, 7) is 0.682. The molecule has 1 aliphatic heterocycles. The smallest absolute Gasteiger partial charge is 0.227 e. The third-order valence-electron chi connectivity index (χ3n) is 3.85. The molecular formula is C19H19NO. The van der Waals surface area contributed by atoms with Crippen LogP contribution in [0.5, 0.6) is 0 Å². The van der Waals surface area contributed by atoms with E-state index >= 15 is 0 Å². The molecule has 1 atom stereocenters. The normalized spacial score (nSPS) is 18.0. The first-order valence-electron chi connectivity index (χ1n) is 7.37. The van der Waals surface area contributed by atoms with Crippen LogP contribution in [0, 0.1) is 0 Å². The summed E-state index contributed by atoms with van der Waals surface area (Å²) < 4.78 is 0. The maximum absolute atomic E-state index is 12.3. The van der Waals surface area contributed by atoms with Crippen LogP contribution in [0.1, 0.15) is 17.5 Å². The minimum atomic E-state index is 0.147. The van der Waals surface area contributed by atoms with E-state index in [1.54, 1.807) is 0 Å². The van der Waals surface area contributed by atoms with Gasteiger partial charge in [0.25, 0.3) is 0 Å². The van der Waals surface area contributed by atoms with E-state index in [2.05, 4.69) is 30.3 Å². The number of nitrogens with zero attached hydrogens (tertiary/aromatic N) is 1. The summed E-state index contributed by atoms with van der Waals surface area (Å²) in [4.78, 5) is 14.3. The second kappa shape index (κ2) is 6.40. The van der Waals surface area contributed by atoms with E-state index in [1.165, 1.54) is 11.1 Å². The first-order chi connectivity index (χ1) is 10.3. The SMILES string of the molecule is O=C1CC=CC(Cc2ccccc2)N1Cc1ccccc1. The predicted molar refractivity (Wildman–Crippen MR) is 84.7 cm³/mol. The lowest BCUT2D eigenvalue weighted by atomic mass is 10.00. The van der Waals surface area contributed by atoms with Gasteiger partial charge in [0, 0.05) is 13.0 Å². The van der Waals surface area contributed by atoms with Crippen molar-refractivity contribution < 1.29 is 4.79 Å². The predicted octanol–water partition coefficient (Wildman–Crippen LogP) is 3.59. The van der Waals surface area contributed by atoms with Crippen LogP contribution in [0.2, 0.25) is 0 Å². The lowest BCUT2D eigenvalue weighted by Gasteiger charge is -2.32. The van der Waals surface area contributed by atoms with Crippen molar-refractivity contribution in [3.63, 3.8) is 0 Å². The third-order valence-corrected chi connectivity index (χ3v) is 3.85. The van der Waals surface area contributed by atoms with Crippen LogP contribution in [0.3, 0.4) is 0 Å². The van der Waals surface area contributed by atoms with Gasteiger partial charge in [-0.3, -0.25) is 4.79 Å². The molecule has 2 nitrogen and oxygen atoms in total. The van der Waals surface area contributed by atoms with Gasteiger partial charge in [-0.15, -0.1) is 0 Å². The molecule has 2 aromatic carbocycles. The molecule has 3 rings (SSSR count). The first kappa shape index (κ1) is 13.6. The minimum Gasteiger partial charge on any atom is -0.331 e. The van der Waals surface area contributed by atoms with Crippen LogP contribution in [0.4, 0.5) is 0 Å². The van der Waals surface area contributed by atoms with Gasteiger partial charge in [-0.25, -0.2) is 0 Å². The molecule has 2 aromatic rings. The van der Waals surface area contributed by atoms with Crippen molar-refractivity contribution >= 4 is 5.91 Å². The number of carbonyl (C=O) groups excluding carboxylic acids is 1. The fraction of sp³-hybridized carbons (Fsp3) is 0.211. The molecule has 0 radical (unpaired) electrons. The Bertz CT molecular complexity index is 619. The number of carbonyl (C=O) groups is 1. The highest BCUT2D eigenvalue weighted by atomic mass is 16.2. The highest BCUT2D eigenvalue weighted by Crippen LogP contribution is 2.19. The Balaban J connectivity index is 1.78. The quantitative estimate of drug-likeness (QED) is 0.782. The van der Waals surface area contributed by atoms with Crippen molar-refractivity contribution in [3.8, 4) is 0 Å². The van der Waals surface area contributed by atoms with Crippen molar-refractivity contribution in [1.82, 2.24) is 4.90 Å². The molecule has 0 saturated heterocycles. The molecule has 21 heavy (non-hydrogen) atoms. The summed E-state index contributed by atoms with van der Waals surface area (Å²) >= 11 is 0. The molecule has 0 N–H and O–H groups in total. The zero-order chi connectivity index (χ0) is 14.5. The lowest BCUT2D eigenvalue weighted by molar-refractivity contribution is -0.133. The summed E-state index contributed by atoms with van der Waals surface area (Å²) in [5.74, 6) is 0.210. The second-order valence-electron chi connectivity index (χ2n) is 5.40. The second-order valence-corrected chi connectivity index (χ2v) is 5.40. The van der Waals surface area contributed by atoms with Crippen LogP contribution in [-0.4, -0.2) is 16.8 Å². The van der Waals surface area contributed by atoms with Crippen molar-refractivity contribution in [2.75, 3.05) is 0 Å². The van der Waals surface area contributed by atoms with Gasteiger partial charge in [0.2, 0.25) is 5.91 Å². The maximum atomic E-state index is 12.3. The summed E-state index contributed by atoms with van der Waals surface area (Å²) in [5, 5.41) is 0. The van der Waals surface area contributed by atoms with Gasteiger partial charge in [0.15, 0.2) is 0 Å². The Morgan fingerprint density at radius 1 is 0.905 bits per heavy atom. The first-order valence-corrected chi connectivity index (χ1v) is 7.37. The number of amides is 1. The molecule has 2 heteroatoms. The van der Waals surface area contributed by atoms with E-state index in [4.69, 9.17) is 0 Å². The Hall–Kier alpha value is -2.35. The van der Waals surface area contributed by atoms with Crippen LogP contribution in [-0.2, 0) is 17.8 Å². The highest BCUT2D eigenvalue weighted by molar-refractivity contribution is 5.79. The molecule has 0 spiro atoms. The highest BCUT2D eigenvalue weighted by Gasteiger charge is 2.24. The topological polar surface area (TPSA) is 20.3 Å². The Morgan fingerprint density at radius 2 is 1.52 bits per heavy atom. The van der Waals surface area contributed by atoms with E-state index in [9.17, 15) is 4.79 Å². The number of hydrogen-bond donors (Lipinski definition) is 0. The number of hydrogen-bond acceptors (Lipinski definition) is 1. The molecule has 1 amide bonds. The average molecular weight is 277 g/mol. The minimum absolute atomic E-state index is 0.147. The van der Waals surface area contributed by atoms with Gasteiger partial charge in [0.1, 0.15) is 0 Å². The Kier molecular flexibility index (Phi) is 4.15.